The van der Waals surface area contributed by atoms with Gasteiger partial charge < -0.3 is 4.74 Å². The molecule has 1 aromatic carbocycles. The lowest BCUT2D eigenvalue weighted by Gasteiger charge is -2.37. The number of nitrogens with zero attached hydrogens (tertiary/aromatic N) is 4. The molecule has 1 atom stereocenters. The molecule has 28 heavy (non-hydrogen) atoms. The SMILES string of the molecule is C[C@@H]1n2nc(-c3ccc(F)cc3)c(-c3ccnc4[nH]ncc34)c2COC1(C)C. The van der Waals surface area contributed by atoms with Crippen molar-refractivity contribution in [3.63, 3.8) is 0 Å². The van der Waals surface area contributed by atoms with Crippen LogP contribution in [0.3, 0.4) is 0 Å². The van der Waals surface area contributed by atoms with Gasteiger partial charge in [0.1, 0.15) is 11.5 Å². The predicted molar refractivity (Wildman–Crippen MR) is 104 cm³/mol. The van der Waals surface area contributed by atoms with Crippen LogP contribution in [0, 0.1) is 5.82 Å². The number of hydrogen-bond donors (Lipinski definition) is 1. The van der Waals surface area contributed by atoms with Crippen molar-refractivity contribution in [1.29, 1.82) is 0 Å². The smallest absolute Gasteiger partial charge is 0.155 e. The maximum absolute atomic E-state index is 13.5. The molecule has 4 heterocycles. The fourth-order valence-corrected chi connectivity index (χ4v) is 3.76. The molecule has 5 rings (SSSR count). The van der Waals surface area contributed by atoms with Crippen molar-refractivity contribution >= 4 is 11.0 Å². The summed E-state index contributed by atoms with van der Waals surface area (Å²) in [6, 6.07) is 8.45. The van der Waals surface area contributed by atoms with E-state index in [2.05, 4.69) is 36.0 Å². The Hall–Kier alpha value is -3.06. The molecule has 142 valence electrons. The number of aromatic nitrogens is 5. The molecule has 3 aromatic heterocycles. The summed E-state index contributed by atoms with van der Waals surface area (Å²) < 4.78 is 21.7. The second-order valence-electron chi connectivity index (χ2n) is 7.68. The standard InChI is InChI=1S/C21H20FN5O/c1-12-21(2,3)28-11-17-18(15-8-9-23-20-16(15)10-24-25-20)19(26-27(12)17)13-4-6-14(22)7-5-13/h4-10,12H,11H2,1-3H3,(H,23,24,25)/t12-/m0/s1. The Morgan fingerprint density at radius 1 is 1.21 bits per heavy atom. The maximum atomic E-state index is 13.5. The number of hydrogen-bond acceptors (Lipinski definition) is 4. The van der Waals surface area contributed by atoms with Crippen molar-refractivity contribution < 1.29 is 9.13 Å². The lowest BCUT2D eigenvalue weighted by atomic mass is 9.95. The van der Waals surface area contributed by atoms with E-state index in [1.807, 2.05) is 10.7 Å². The Balaban J connectivity index is 1.82. The highest BCUT2D eigenvalue weighted by molar-refractivity contribution is 5.97. The highest BCUT2D eigenvalue weighted by Gasteiger charge is 2.37. The summed E-state index contributed by atoms with van der Waals surface area (Å²) in [5.74, 6) is -0.270. The van der Waals surface area contributed by atoms with Crippen molar-refractivity contribution in [2.24, 2.45) is 0 Å². The molecular weight excluding hydrogens is 357 g/mol. The average molecular weight is 377 g/mol. The van der Waals surface area contributed by atoms with Gasteiger partial charge in [0.2, 0.25) is 0 Å². The minimum absolute atomic E-state index is 0.0471. The molecule has 1 aliphatic rings. The predicted octanol–water partition coefficient (Wildman–Crippen LogP) is 4.50. The van der Waals surface area contributed by atoms with E-state index in [4.69, 9.17) is 9.84 Å². The van der Waals surface area contributed by atoms with Crippen LogP contribution in [0.1, 0.15) is 32.5 Å². The van der Waals surface area contributed by atoms with E-state index in [1.165, 1.54) is 12.1 Å². The molecule has 1 aliphatic heterocycles. The summed E-state index contributed by atoms with van der Waals surface area (Å²) in [6.07, 6.45) is 3.53. The van der Waals surface area contributed by atoms with Gasteiger partial charge in [-0.2, -0.15) is 10.2 Å². The Kier molecular flexibility index (Phi) is 3.64. The number of pyridine rings is 1. The fraction of sp³-hybridized carbons (Fsp3) is 0.286. The molecule has 0 aliphatic carbocycles. The third-order valence-corrected chi connectivity index (χ3v) is 5.70. The molecule has 4 aromatic rings. The molecule has 0 bridgehead atoms. The van der Waals surface area contributed by atoms with Crippen LogP contribution in [0.5, 0.6) is 0 Å². The number of nitrogens with one attached hydrogen (secondary N) is 1. The topological polar surface area (TPSA) is 68.6 Å². The summed E-state index contributed by atoms with van der Waals surface area (Å²) in [7, 11) is 0. The maximum Gasteiger partial charge on any atom is 0.155 e. The molecule has 0 radical (unpaired) electrons. The van der Waals surface area contributed by atoms with E-state index >= 15 is 0 Å². The quantitative estimate of drug-likeness (QED) is 0.559. The zero-order chi connectivity index (χ0) is 19.5. The van der Waals surface area contributed by atoms with Crippen LogP contribution in [0.15, 0.2) is 42.7 Å². The minimum Gasteiger partial charge on any atom is -0.367 e. The number of rotatable bonds is 2. The van der Waals surface area contributed by atoms with Gasteiger partial charge in [-0.25, -0.2) is 9.37 Å². The second kappa shape index (κ2) is 5.97. The van der Waals surface area contributed by atoms with Gasteiger partial charge in [0.15, 0.2) is 5.65 Å². The lowest BCUT2D eigenvalue weighted by molar-refractivity contribution is -0.0883. The minimum atomic E-state index is -0.334. The van der Waals surface area contributed by atoms with Crippen LogP contribution < -0.4 is 0 Å². The molecule has 0 saturated heterocycles. The van der Waals surface area contributed by atoms with Crippen LogP contribution in [0.25, 0.3) is 33.4 Å². The zero-order valence-electron chi connectivity index (χ0n) is 15.9. The van der Waals surface area contributed by atoms with Gasteiger partial charge in [-0.3, -0.25) is 9.78 Å². The number of ether oxygens (including phenoxy) is 1. The first-order valence-electron chi connectivity index (χ1n) is 9.25. The number of halogens is 1. The lowest BCUT2D eigenvalue weighted by Crippen LogP contribution is -2.40. The fourth-order valence-electron chi connectivity index (χ4n) is 3.76. The van der Waals surface area contributed by atoms with E-state index in [0.29, 0.717) is 12.3 Å². The van der Waals surface area contributed by atoms with Crippen LogP contribution in [0.2, 0.25) is 0 Å². The molecule has 0 fully saturated rings. The van der Waals surface area contributed by atoms with Gasteiger partial charge in [-0.15, -0.1) is 0 Å². The molecule has 1 N–H and O–H groups in total. The van der Waals surface area contributed by atoms with Crippen molar-refractivity contribution in [3.8, 4) is 22.4 Å². The van der Waals surface area contributed by atoms with Gasteiger partial charge in [0.25, 0.3) is 0 Å². The Bertz CT molecular complexity index is 1180. The van der Waals surface area contributed by atoms with E-state index in [1.54, 1.807) is 24.5 Å². The van der Waals surface area contributed by atoms with Crippen molar-refractivity contribution in [3.05, 3.63) is 54.2 Å². The van der Waals surface area contributed by atoms with Crippen LogP contribution in [-0.2, 0) is 11.3 Å². The van der Waals surface area contributed by atoms with Gasteiger partial charge in [-0.1, -0.05) is 0 Å². The molecule has 7 heteroatoms. The first kappa shape index (κ1) is 17.1. The van der Waals surface area contributed by atoms with E-state index in [0.717, 1.165) is 33.5 Å². The third kappa shape index (κ3) is 2.46. The van der Waals surface area contributed by atoms with Gasteiger partial charge in [-0.05, 0) is 56.7 Å². The van der Waals surface area contributed by atoms with Gasteiger partial charge in [0, 0.05) is 22.7 Å². The molecule has 0 spiro atoms. The van der Waals surface area contributed by atoms with Crippen LogP contribution in [0.4, 0.5) is 4.39 Å². The van der Waals surface area contributed by atoms with Gasteiger partial charge >= 0.3 is 0 Å². The Labute approximate surface area is 161 Å². The largest absolute Gasteiger partial charge is 0.367 e. The molecular formula is C21H20FN5O. The summed E-state index contributed by atoms with van der Waals surface area (Å²) in [4.78, 5) is 4.35. The monoisotopic (exact) mass is 377 g/mol. The first-order valence-corrected chi connectivity index (χ1v) is 9.25. The third-order valence-electron chi connectivity index (χ3n) is 5.70. The summed E-state index contributed by atoms with van der Waals surface area (Å²) in [6.45, 7) is 6.69. The summed E-state index contributed by atoms with van der Waals surface area (Å²) in [5.41, 5.74) is 5.00. The van der Waals surface area contributed by atoms with E-state index in [9.17, 15) is 4.39 Å². The van der Waals surface area contributed by atoms with Crippen LogP contribution in [-0.4, -0.2) is 30.6 Å². The van der Waals surface area contributed by atoms with Crippen molar-refractivity contribution in [1.82, 2.24) is 25.0 Å². The van der Waals surface area contributed by atoms with E-state index < -0.39 is 0 Å². The Morgan fingerprint density at radius 2 is 2.00 bits per heavy atom. The molecule has 0 saturated carbocycles. The van der Waals surface area contributed by atoms with Gasteiger partial charge in [0.05, 0.1) is 30.1 Å². The number of aromatic amines is 1. The molecule has 0 unspecified atom stereocenters. The molecule has 6 nitrogen and oxygen atoms in total. The first-order chi connectivity index (χ1) is 13.5. The number of benzene rings is 1. The summed E-state index contributed by atoms with van der Waals surface area (Å²) >= 11 is 0. The van der Waals surface area contributed by atoms with Crippen molar-refractivity contribution in [2.75, 3.05) is 0 Å². The normalized spacial score (nSPS) is 18.4. The summed E-state index contributed by atoms with van der Waals surface area (Å²) in [5, 5.41) is 12.9. The average Bonchev–Trinajstić information content (AvgIpc) is 3.30. The molecule has 0 amide bonds. The second-order valence-corrected chi connectivity index (χ2v) is 7.68. The van der Waals surface area contributed by atoms with Crippen molar-refractivity contribution in [2.45, 2.75) is 39.0 Å². The number of H-pyrrole nitrogens is 1. The number of fused-ring (bicyclic) bond motifs is 2. The Morgan fingerprint density at radius 3 is 2.79 bits per heavy atom. The van der Waals surface area contributed by atoms with E-state index in [-0.39, 0.29) is 17.5 Å². The zero-order valence-corrected chi connectivity index (χ0v) is 15.9. The van der Waals surface area contributed by atoms with Crippen LogP contribution >= 0.6 is 0 Å². The highest BCUT2D eigenvalue weighted by atomic mass is 19.1. The highest BCUT2D eigenvalue weighted by Crippen LogP contribution is 2.43.